The fraction of sp³-hybridized carbons (Fsp3) is 0.507. The number of carbonyl (C=O) groups excluding carboxylic acids is 2. The number of unbranched alkanes of at least 4 members (excludes halogenated alkanes) is 9. The highest BCUT2D eigenvalue weighted by Gasteiger charge is 2.26. The number of rotatable bonds is 56. The highest BCUT2D eigenvalue weighted by Crippen LogP contribution is 2.43. The Morgan fingerprint density at radius 2 is 0.627 bits per heavy atom. The van der Waals surface area contributed by atoms with Crippen molar-refractivity contribution in [1.29, 1.82) is 0 Å². The van der Waals surface area contributed by atoms with Crippen LogP contribution in [-0.2, 0) is 32.7 Å². The molecule has 0 aromatic carbocycles. The number of allylic oxidation sites excluding steroid dienone is 34. The maximum absolute atomic E-state index is 12.7. The van der Waals surface area contributed by atoms with Gasteiger partial charge in [-0.3, -0.25) is 18.6 Å². The first kappa shape index (κ1) is 77.6. The van der Waals surface area contributed by atoms with Gasteiger partial charge in [0.25, 0.3) is 0 Å². The van der Waals surface area contributed by atoms with Crippen molar-refractivity contribution in [2.75, 3.05) is 26.4 Å². The molecule has 0 aliphatic rings. The molecule has 3 N–H and O–H groups in total. The van der Waals surface area contributed by atoms with Crippen molar-refractivity contribution in [2.24, 2.45) is 5.73 Å². The standard InChI is InChI=1S/C73H112NO8P/c1-3-5-7-9-11-13-15-17-19-21-23-25-27-29-31-33-35-37-39-41-43-45-47-49-51-53-55-57-59-61-63-65-72(75)79-69-71(70-81-83(77,78)80-68-67-74)82-73(76)66-64-62-60-58-56-54-52-50-48-46-44-42-40-38-36-34-32-30-28-26-24-22-20-18-16-14-12-10-8-6-4-2/h5-8,11-14,17-20,23-26,29-32,35-38,41-44,47-50,54,56,71H,3-4,9-10,15-16,21-22,27-28,33-34,39-40,45-46,51-53,55,57-70,74H2,1-2H3,(H,77,78)/b7-5-,8-6-,13-11-,14-12-,19-17-,20-18-,25-23-,26-24-,31-29-,32-30-,37-35-,38-36-,43-41-,44-42-,49-47-,50-48-,56-54-. The predicted molar refractivity (Wildman–Crippen MR) is 357 cm³/mol. The fourth-order valence-corrected chi connectivity index (χ4v) is 8.35. The lowest BCUT2D eigenvalue weighted by Crippen LogP contribution is -2.29. The molecule has 0 aromatic rings. The van der Waals surface area contributed by atoms with Gasteiger partial charge in [-0.1, -0.05) is 253 Å². The van der Waals surface area contributed by atoms with Crippen LogP contribution >= 0.6 is 7.82 Å². The summed E-state index contributed by atoms with van der Waals surface area (Å²) in [4.78, 5) is 35.3. The molecule has 83 heavy (non-hydrogen) atoms. The molecular formula is C73H112NO8P. The zero-order valence-corrected chi connectivity index (χ0v) is 52.5. The first-order valence-corrected chi connectivity index (χ1v) is 33.1. The summed E-state index contributed by atoms with van der Waals surface area (Å²) in [5, 5.41) is 0. The molecule has 2 atom stereocenters. The first-order chi connectivity index (χ1) is 40.8. The molecule has 0 radical (unpaired) electrons. The van der Waals surface area contributed by atoms with Gasteiger partial charge in [0.15, 0.2) is 6.10 Å². The topological polar surface area (TPSA) is 134 Å². The van der Waals surface area contributed by atoms with E-state index in [1.165, 1.54) is 0 Å². The van der Waals surface area contributed by atoms with Gasteiger partial charge in [0.2, 0.25) is 0 Å². The Hall–Kier alpha value is -5.41. The minimum atomic E-state index is -4.42. The Bertz CT molecular complexity index is 2110. The quantitative estimate of drug-likeness (QED) is 0.0264. The summed E-state index contributed by atoms with van der Waals surface area (Å²) in [5.74, 6) is -0.903. The van der Waals surface area contributed by atoms with Gasteiger partial charge in [0.05, 0.1) is 13.2 Å². The number of phosphoric acid groups is 1. The van der Waals surface area contributed by atoms with Crippen LogP contribution in [0.1, 0.15) is 206 Å². The van der Waals surface area contributed by atoms with Crippen molar-refractivity contribution >= 4 is 19.8 Å². The molecule has 0 saturated heterocycles. The maximum Gasteiger partial charge on any atom is 0.472 e. The Morgan fingerprint density at radius 3 is 0.940 bits per heavy atom. The van der Waals surface area contributed by atoms with Crippen molar-refractivity contribution < 1.29 is 37.6 Å². The Kier molecular flexibility index (Phi) is 61.5. The van der Waals surface area contributed by atoms with Gasteiger partial charge in [-0.15, -0.1) is 0 Å². The molecule has 0 fully saturated rings. The molecule has 0 amide bonds. The average Bonchev–Trinajstić information content (AvgIpc) is 3.48. The highest BCUT2D eigenvalue weighted by molar-refractivity contribution is 7.47. The van der Waals surface area contributed by atoms with E-state index < -0.39 is 32.5 Å². The Balaban J connectivity index is 4.15. The van der Waals surface area contributed by atoms with Crippen LogP contribution in [-0.4, -0.2) is 49.3 Å². The van der Waals surface area contributed by atoms with E-state index >= 15 is 0 Å². The van der Waals surface area contributed by atoms with Gasteiger partial charge >= 0.3 is 19.8 Å². The molecule has 0 spiro atoms. The summed E-state index contributed by atoms with van der Waals surface area (Å²) in [6.45, 7) is 3.42. The molecule has 0 aliphatic heterocycles. The molecule has 10 heteroatoms. The van der Waals surface area contributed by atoms with E-state index in [-0.39, 0.29) is 32.6 Å². The Morgan fingerprint density at radius 1 is 0.361 bits per heavy atom. The van der Waals surface area contributed by atoms with Crippen LogP contribution in [0.5, 0.6) is 0 Å². The minimum absolute atomic E-state index is 0.0327. The molecule has 0 bridgehead atoms. The van der Waals surface area contributed by atoms with Gasteiger partial charge in [-0.2, -0.15) is 0 Å². The van der Waals surface area contributed by atoms with Crippen LogP contribution in [0.2, 0.25) is 0 Å². The predicted octanol–water partition coefficient (Wildman–Crippen LogP) is 20.7. The smallest absolute Gasteiger partial charge is 0.462 e. The number of nitrogens with two attached hydrogens (primary N) is 1. The van der Waals surface area contributed by atoms with Gasteiger partial charge in [-0.25, -0.2) is 4.57 Å². The van der Waals surface area contributed by atoms with E-state index in [2.05, 4.69) is 220 Å². The average molecular weight is 1160 g/mol. The fourth-order valence-electron chi connectivity index (χ4n) is 7.58. The third kappa shape index (κ3) is 65.6. The zero-order chi connectivity index (χ0) is 60.1. The van der Waals surface area contributed by atoms with Gasteiger partial charge in [-0.05, 0) is 148 Å². The van der Waals surface area contributed by atoms with E-state index in [1.807, 2.05) is 0 Å². The second-order valence-corrected chi connectivity index (χ2v) is 21.3. The third-order valence-corrected chi connectivity index (χ3v) is 13.1. The molecule has 0 heterocycles. The number of carbonyl (C=O) groups is 2. The van der Waals surface area contributed by atoms with Crippen LogP contribution in [0.3, 0.4) is 0 Å². The lowest BCUT2D eigenvalue weighted by molar-refractivity contribution is -0.161. The lowest BCUT2D eigenvalue weighted by atomic mass is 10.1. The number of ether oxygens (including phenoxy) is 2. The van der Waals surface area contributed by atoms with Crippen LogP contribution in [0.15, 0.2) is 207 Å². The highest BCUT2D eigenvalue weighted by atomic mass is 31.2. The maximum atomic E-state index is 12.7. The van der Waals surface area contributed by atoms with Crippen LogP contribution in [0.25, 0.3) is 0 Å². The lowest BCUT2D eigenvalue weighted by Gasteiger charge is -2.19. The molecule has 0 saturated carbocycles. The molecule has 2 unspecified atom stereocenters. The van der Waals surface area contributed by atoms with Crippen molar-refractivity contribution in [3.05, 3.63) is 207 Å². The summed E-state index contributed by atoms with van der Waals surface area (Å²) < 4.78 is 33.0. The van der Waals surface area contributed by atoms with Gasteiger partial charge in [0.1, 0.15) is 6.61 Å². The molecule has 0 rings (SSSR count). The van der Waals surface area contributed by atoms with E-state index in [0.29, 0.717) is 12.8 Å². The van der Waals surface area contributed by atoms with E-state index in [4.69, 9.17) is 24.3 Å². The summed E-state index contributed by atoms with van der Waals surface area (Å²) in [7, 11) is -4.42. The van der Waals surface area contributed by atoms with E-state index in [1.54, 1.807) is 0 Å². The number of hydrogen-bond acceptors (Lipinski definition) is 8. The molecule has 9 nitrogen and oxygen atoms in total. The van der Waals surface area contributed by atoms with E-state index in [9.17, 15) is 19.0 Å². The number of phosphoric ester groups is 1. The van der Waals surface area contributed by atoms with Gasteiger partial charge in [0, 0.05) is 19.4 Å². The summed E-state index contributed by atoms with van der Waals surface area (Å²) >= 11 is 0. The first-order valence-electron chi connectivity index (χ1n) is 31.6. The summed E-state index contributed by atoms with van der Waals surface area (Å²) in [5.41, 5.74) is 5.39. The van der Waals surface area contributed by atoms with E-state index in [0.717, 1.165) is 167 Å². The second-order valence-electron chi connectivity index (χ2n) is 19.8. The van der Waals surface area contributed by atoms with Crippen molar-refractivity contribution in [2.45, 2.75) is 213 Å². The van der Waals surface area contributed by atoms with Crippen molar-refractivity contribution in [3.63, 3.8) is 0 Å². The SMILES string of the molecule is CC/C=C\C/C=C\C/C=C\C/C=C\C/C=C\C/C=C\C/C=C\C/C=C\C/C=C\CCCCCC(=O)OC(COC(=O)CCCCCCCC/C=C\C/C=C\C/C=C\C/C=C\C/C=C\C/C=C\C/C=C\C/C=C\CC)COP(=O)(O)OCCN. The minimum Gasteiger partial charge on any atom is -0.462 e. The normalized spacial score (nSPS) is 14.4. The van der Waals surface area contributed by atoms with Crippen LogP contribution in [0.4, 0.5) is 0 Å². The zero-order valence-electron chi connectivity index (χ0n) is 51.6. The van der Waals surface area contributed by atoms with Crippen LogP contribution < -0.4 is 5.73 Å². The molecule has 0 aliphatic carbocycles. The second kappa shape index (κ2) is 65.7. The third-order valence-electron chi connectivity index (χ3n) is 12.2. The van der Waals surface area contributed by atoms with Crippen LogP contribution in [0, 0.1) is 0 Å². The number of esters is 2. The summed E-state index contributed by atoms with van der Waals surface area (Å²) in [6.07, 6.45) is 102. The summed E-state index contributed by atoms with van der Waals surface area (Å²) in [6, 6.07) is 0. The van der Waals surface area contributed by atoms with Crippen molar-refractivity contribution in [1.82, 2.24) is 0 Å². The van der Waals surface area contributed by atoms with Crippen molar-refractivity contribution in [3.8, 4) is 0 Å². The monoisotopic (exact) mass is 1160 g/mol. The Labute approximate surface area is 506 Å². The van der Waals surface area contributed by atoms with Gasteiger partial charge < -0.3 is 20.1 Å². The molecule has 462 valence electrons. The largest absolute Gasteiger partial charge is 0.472 e. The molecule has 0 aromatic heterocycles. The molecular weight excluding hydrogens is 1050 g/mol. The number of hydrogen-bond donors (Lipinski definition) is 2.